The zero-order valence-electron chi connectivity index (χ0n) is 18.6. The molecule has 0 aliphatic carbocycles. The first-order valence-corrected chi connectivity index (χ1v) is 10.4. The van der Waals surface area contributed by atoms with Gasteiger partial charge in [0.2, 0.25) is 0 Å². The van der Waals surface area contributed by atoms with Crippen molar-refractivity contribution in [3.8, 4) is 6.07 Å². The van der Waals surface area contributed by atoms with Crippen molar-refractivity contribution < 1.29 is 0 Å². The van der Waals surface area contributed by atoms with E-state index < -0.39 is 0 Å². The van der Waals surface area contributed by atoms with Crippen LogP contribution in [-0.2, 0) is 6.42 Å². The number of rotatable bonds is 11. The van der Waals surface area contributed by atoms with E-state index >= 15 is 0 Å². The van der Waals surface area contributed by atoms with Gasteiger partial charge >= 0.3 is 0 Å². The zero-order valence-corrected chi connectivity index (χ0v) is 18.6. The highest BCUT2D eigenvalue weighted by Gasteiger charge is 2.05. The Morgan fingerprint density at radius 2 is 2.07 bits per heavy atom. The summed E-state index contributed by atoms with van der Waals surface area (Å²) in [7, 11) is 3.76. The molecule has 1 aromatic carbocycles. The predicted molar refractivity (Wildman–Crippen MR) is 127 cm³/mol. The number of allylic oxidation sites excluding steroid dienone is 6. The predicted octanol–water partition coefficient (Wildman–Crippen LogP) is 6.04. The highest BCUT2D eigenvalue weighted by atomic mass is 14.8. The molecule has 1 aromatic rings. The molecule has 1 N–H and O–H groups in total. The van der Waals surface area contributed by atoms with E-state index in [1.54, 1.807) is 7.05 Å². The average Bonchev–Trinajstić information content (AvgIpc) is 2.74. The van der Waals surface area contributed by atoms with Gasteiger partial charge in [-0.2, -0.15) is 5.26 Å². The van der Waals surface area contributed by atoms with E-state index in [9.17, 15) is 5.26 Å². The molecule has 3 nitrogen and oxygen atoms in total. The van der Waals surface area contributed by atoms with Gasteiger partial charge in [0.05, 0.1) is 11.6 Å². The van der Waals surface area contributed by atoms with Crippen LogP contribution in [0.25, 0.3) is 6.08 Å². The monoisotopic (exact) mass is 389 g/mol. The van der Waals surface area contributed by atoms with Gasteiger partial charge in [-0.3, -0.25) is 4.99 Å². The molecule has 0 fully saturated rings. The van der Waals surface area contributed by atoms with Crippen molar-refractivity contribution in [2.24, 2.45) is 4.99 Å². The largest absolute Gasteiger partial charge is 0.317 e. The smallest absolute Gasteiger partial charge is 0.0991 e. The normalized spacial score (nSPS) is 14.2. The summed E-state index contributed by atoms with van der Waals surface area (Å²) in [6.07, 6.45) is 18.6. The van der Waals surface area contributed by atoms with Crippen LogP contribution in [0.15, 0.2) is 64.7 Å². The van der Waals surface area contributed by atoms with Crippen molar-refractivity contribution in [3.05, 3.63) is 76.4 Å². The van der Waals surface area contributed by atoms with E-state index in [4.69, 9.17) is 0 Å². The second kappa shape index (κ2) is 14.3. The number of hydrogen-bond acceptors (Lipinski definition) is 3. The first-order chi connectivity index (χ1) is 14.1. The van der Waals surface area contributed by atoms with Crippen LogP contribution in [0.5, 0.6) is 0 Å². The van der Waals surface area contributed by atoms with Crippen molar-refractivity contribution in [3.63, 3.8) is 0 Å². The summed E-state index contributed by atoms with van der Waals surface area (Å²) in [5.74, 6) is 0. The van der Waals surface area contributed by atoms with Gasteiger partial charge in [-0.1, -0.05) is 48.9 Å². The first kappa shape index (κ1) is 24.3. The van der Waals surface area contributed by atoms with Gasteiger partial charge in [0.1, 0.15) is 0 Å². The number of benzene rings is 1. The van der Waals surface area contributed by atoms with E-state index in [-0.39, 0.29) is 0 Å². The maximum Gasteiger partial charge on any atom is 0.0991 e. The number of aliphatic imine (C=N–C) groups is 1. The van der Waals surface area contributed by atoms with Crippen LogP contribution in [-0.4, -0.2) is 26.4 Å². The van der Waals surface area contributed by atoms with Gasteiger partial charge in [-0.25, -0.2) is 0 Å². The summed E-state index contributed by atoms with van der Waals surface area (Å²) in [6.45, 7) is 6.38. The summed E-state index contributed by atoms with van der Waals surface area (Å²) in [5, 5.41) is 12.6. The summed E-state index contributed by atoms with van der Waals surface area (Å²) < 4.78 is 0. The van der Waals surface area contributed by atoms with Crippen LogP contribution in [0.4, 0.5) is 0 Å². The molecular weight excluding hydrogens is 354 g/mol. The Morgan fingerprint density at radius 1 is 1.28 bits per heavy atom. The topological polar surface area (TPSA) is 48.2 Å². The van der Waals surface area contributed by atoms with Crippen molar-refractivity contribution in [2.45, 2.75) is 52.5 Å². The third-order valence-electron chi connectivity index (χ3n) is 4.75. The fraction of sp³-hybridized carbons (Fsp3) is 0.385. The van der Waals surface area contributed by atoms with Crippen LogP contribution in [0, 0.1) is 11.3 Å². The highest BCUT2D eigenvalue weighted by Crippen LogP contribution is 2.20. The molecule has 1 rings (SSSR count). The SMILES string of the molecule is C/C=C\C(=C/CC)CCc1cc(C#N)ccc1/C=C/C(=C\C=N/C)CC(C)NC. The Bertz CT molecular complexity index is 817. The van der Waals surface area contributed by atoms with Crippen molar-refractivity contribution >= 4 is 12.3 Å². The maximum absolute atomic E-state index is 9.32. The molecule has 0 heterocycles. The molecular formula is C26H35N3. The van der Waals surface area contributed by atoms with Gasteiger partial charge in [0, 0.05) is 19.3 Å². The quantitative estimate of drug-likeness (QED) is 0.370. The molecule has 0 amide bonds. The number of aryl methyl sites for hydroxylation is 1. The second-order valence-electron chi connectivity index (χ2n) is 7.09. The molecule has 0 aromatic heterocycles. The van der Waals surface area contributed by atoms with Gasteiger partial charge in [-0.05, 0) is 81.5 Å². The lowest BCUT2D eigenvalue weighted by molar-refractivity contribution is 0.611. The fourth-order valence-electron chi connectivity index (χ4n) is 3.08. The molecule has 0 saturated heterocycles. The Hall–Kier alpha value is -2.70. The van der Waals surface area contributed by atoms with Crippen LogP contribution in [0.1, 0.15) is 56.7 Å². The van der Waals surface area contributed by atoms with E-state index in [0.29, 0.717) is 11.6 Å². The molecule has 29 heavy (non-hydrogen) atoms. The molecule has 0 aliphatic rings. The van der Waals surface area contributed by atoms with Crippen molar-refractivity contribution in [1.29, 1.82) is 5.26 Å². The van der Waals surface area contributed by atoms with Crippen molar-refractivity contribution in [1.82, 2.24) is 5.32 Å². The number of nitrogens with one attached hydrogen (secondary N) is 1. The Labute approximate surface area is 177 Å². The molecule has 0 saturated carbocycles. The third-order valence-corrected chi connectivity index (χ3v) is 4.75. The van der Waals surface area contributed by atoms with Crippen LogP contribution in [0.2, 0.25) is 0 Å². The van der Waals surface area contributed by atoms with Gasteiger partial charge in [-0.15, -0.1) is 0 Å². The molecule has 0 aliphatic heterocycles. The molecule has 1 unspecified atom stereocenters. The van der Waals surface area contributed by atoms with E-state index in [2.05, 4.69) is 72.7 Å². The van der Waals surface area contributed by atoms with Crippen LogP contribution in [0.3, 0.4) is 0 Å². The first-order valence-electron chi connectivity index (χ1n) is 10.4. The lowest BCUT2D eigenvalue weighted by Gasteiger charge is -2.11. The van der Waals surface area contributed by atoms with Crippen molar-refractivity contribution in [2.75, 3.05) is 14.1 Å². The number of hydrogen-bond donors (Lipinski definition) is 1. The molecule has 1 atom stereocenters. The van der Waals surface area contributed by atoms with Gasteiger partial charge in [0.25, 0.3) is 0 Å². The molecule has 154 valence electrons. The highest BCUT2D eigenvalue weighted by molar-refractivity contribution is 5.73. The summed E-state index contributed by atoms with van der Waals surface area (Å²) in [6, 6.07) is 8.62. The summed E-state index contributed by atoms with van der Waals surface area (Å²) >= 11 is 0. The minimum Gasteiger partial charge on any atom is -0.317 e. The van der Waals surface area contributed by atoms with Crippen LogP contribution < -0.4 is 5.32 Å². The average molecular weight is 390 g/mol. The number of nitriles is 1. The second-order valence-corrected chi connectivity index (χ2v) is 7.09. The zero-order chi connectivity index (χ0) is 21.5. The van der Waals surface area contributed by atoms with E-state index in [1.165, 1.54) is 16.7 Å². The molecule has 0 radical (unpaired) electrons. The van der Waals surface area contributed by atoms with Crippen LogP contribution >= 0.6 is 0 Å². The van der Waals surface area contributed by atoms with E-state index in [0.717, 1.165) is 31.2 Å². The van der Waals surface area contributed by atoms with E-state index in [1.807, 2.05) is 32.3 Å². The minimum absolute atomic E-state index is 0.388. The molecule has 3 heteroatoms. The molecule has 0 bridgehead atoms. The molecule has 0 spiro atoms. The summed E-state index contributed by atoms with van der Waals surface area (Å²) in [4.78, 5) is 4.08. The standard InChI is InChI=1S/C26H35N3/c1-6-8-22(9-7-2)10-15-26-19-24(20-27)12-14-25(26)13-11-23(16-17-28-4)18-21(3)29-5/h6,8-9,11-14,16-17,19,21,29H,7,10,15,18H2,1-5H3/b8-6-,13-11+,22-9+,23-16+,28-17-. The Balaban J connectivity index is 3.15. The third kappa shape index (κ3) is 9.36. The number of nitrogens with zero attached hydrogens (tertiary/aromatic N) is 2. The Kier molecular flexibility index (Phi) is 12.0. The minimum atomic E-state index is 0.388. The van der Waals surface area contributed by atoms with Gasteiger partial charge < -0.3 is 5.32 Å². The summed E-state index contributed by atoms with van der Waals surface area (Å²) in [5.41, 5.74) is 5.64. The lowest BCUT2D eigenvalue weighted by atomic mass is 9.96. The maximum atomic E-state index is 9.32. The fourth-order valence-corrected chi connectivity index (χ4v) is 3.08. The van der Waals surface area contributed by atoms with Gasteiger partial charge in [0.15, 0.2) is 0 Å². The Morgan fingerprint density at radius 3 is 2.69 bits per heavy atom. The lowest BCUT2D eigenvalue weighted by Crippen LogP contribution is -2.21.